The van der Waals surface area contributed by atoms with Crippen molar-refractivity contribution in [3.8, 4) is 5.75 Å². The Morgan fingerprint density at radius 2 is 1.74 bits per heavy atom. The highest BCUT2D eigenvalue weighted by Gasteiger charge is 2.29. The van der Waals surface area contributed by atoms with E-state index in [9.17, 15) is 13.2 Å². The van der Waals surface area contributed by atoms with E-state index in [0.717, 1.165) is 11.1 Å². The predicted molar refractivity (Wildman–Crippen MR) is 102 cm³/mol. The second-order valence-electron chi connectivity index (χ2n) is 6.27. The monoisotopic (exact) mass is 409 g/mol. The number of ether oxygens (including phenoxy) is 2. The molecule has 2 aromatic carbocycles. The zero-order valence-corrected chi connectivity index (χ0v) is 16.6. The van der Waals surface area contributed by atoms with Gasteiger partial charge in [0, 0.05) is 13.1 Å². The fourth-order valence-electron chi connectivity index (χ4n) is 2.87. The van der Waals surface area contributed by atoms with Crippen LogP contribution in [-0.4, -0.2) is 45.0 Å². The van der Waals surface area contributed by atoms with Crippen molar-refractivity contribution in [2.45, 2.75) is 18.7 Å². The lowest BCUT2D eigenvalue weighted by molar-refractivity contribution is 0.0726. The van der Waals surface area contributed by atoms with Crippen LogP contribution >= 0.6 is 11.6 Å². The molecule has 0 amide bonds. The Morgan fingerprint density at radius 3 is 2.37 bits per heavy atom. The van der Waals surface area contributed by atoms with Crippen molar-refractivity contribution in [3.05, 3.63) is 58.1 Å². The zero-order chi connectivity index (χ0) is 19.6. The van der Waals surface area contributed by atoms with Crippen molar-refractivity contribution in [1.29, 1.82) is 0 Å². The van der Waals surface area contributed by atoms with E-state index < -0.39 is 16.0 Å². The summed E-state index contributed by atoms with van der Waals surface area (Å²) in [5.74, 6) is -0.169. The van der Waals surface area contributed by atoms with Crippen LogP contribution in [0.3, 0.4) is 0 Å². The Hall–Kier alpha value is -1.93. The summed E-state index contributed by atoms with van der Waals surface area (Å²) in [4.78, 5) is 12.5. The molecule has 0 N–H and O–H groups in total. The number of carbonyl (C=O) groups is 1. The number of esters is 1. The highest BCUT2D eigenvalue weighted by molar-refractivity contribution is 7.89. The number of nitrogens with zero attached hydrogens (tertiary/aromatic N) is 1. The minimum atomic E-state index is -3.82. The summed E-state index contributed by atoms with van der Waals surface area (Å²) in [5, 5.41) is 0.0603. The Bertz CT molecular complexity index is 948. The number of sulfonamides is 1. The molecule has 0 unspecified atom stereocenters. The lowest BCUT2D eigenvalue weighted by Gasteiger charge is -2.26. The van der Waals surface area contributed by atoms with Gasteiger partial charge in [0.15, 0.2) is 0 Å². The van der Waals surface area contributed by atoms with Gasteiger partial charge in [-0.25, -0.2) is 13.2 Å². The second-order valence-corrected chi connectivity index (χ2v) is 8.59. The molecule has 27 heavy (non-hydrogen) atoms. The van der Waals surface area contributed by atoms with Crippen LogP contribution in [0, 0.1) is 13.8 Å². The van der Waals surface area contributed by atoms with Gasteiger partial charge in [-0.3, -0.25) is 0 Å². The summed E-state index contributed by atoms with van der Waals surface area (Å²) in [6, 6.07) is 9.67. The number of para-hydroxylation sites is 1. The molecular weight excluding hydrogens is 390 g/mol. The van der Waals surface area contributed by atoms with Crippen LogP contribution in [0.1, 0.15) is 21.5 Å². The summed E-state index contributed by atoms with van der Waals surface area (Å²) in [6.45, 7) is 4.82. The van der Waals surface area contributed by atoms with Gasteiger partial charge in [-0.15, -0.1) is 0 Å². The molecule has 1 aliphatic heterocycles. The quantitative estimate of drug-likeness (QED) is 0.572. The molecular formula is C19H20ClNO5S. The minimum Gasteiger partial charge on any atom is -0.422 e. The molecule has 1 aliphatic rings. The van der Waals surface area contributed by atoms with E-state index in [1.807, 2.05) is 32.0 Å². The van der Waals surface area contributed by atoms with E-state index in [-0.39, 0.29) is 28.6 Å². The minimum absolute atomic E-state index is 0.0603. The van der Waals surface area contributed by atoms with Crippen molar-refractivity contribution >= 4 is 27.6 Å². The van der Waals surface area contributed by atoms with Gasteiger partial charge in [-0.05, 0) is 43.2 Å². The SMILES string of the molecule is Cc1cccc(C)c1OC(=O)c1ccc(Cl)c(S(=O)(=O)N2CCOCC2)c1. The number of aryl methyl sites for hydroxylation is 2. The van der Waals surface area contributed by atoms with Crippen molar-refractivity contribution in [1.82, 2.24) is 4.31 Å². The number of carbonyl (C=O) groups excluding carboxylic acids is 1. The largest absolute Gasteiger partial charge is 0.422 e. The van der Waals surface area contributed by atoms with Gasteiger partial charge in [0.05, 0.1) is 23.8 Å². The third kappa shape index (κ3) is 4.16. The molecule has 0 radical (unpaired) electrons. The van der Waals surface area contributed by atoms with Crippen LogP contribution in [0.25, 0.3) is 0 Å². The molecule has 0 saturated carbocycles. The first-order chi connectivity index (χ1) is 12.8. The highest BCUT2D eigenvalue weighted by Crippen LogP contribution is 2.28. The van der Waals surface area contributed by atoms with Crippen molar-refractivity contribution in [2.75, 3.05) is 26.3 Å². The summed E-state index contributed by atoms with van der Waals surface area (Å²) in [7, 11) is -3.82. The van der Waals surface area contributed by atoms with Gasteiger partial charge in [0.1, 0.15) is 10.6 Å². The Kier molecular flexibility index (Phi) is 5.86. The predicted octanol–water partition coefficient (Wildman–Crippen LogP) is 3.20. The van der Waals surface area contributed by atoms with Gasteiger partial charge in [-0.1, -0.05) is 29.8 Å². The molecule has 8 heteroatoms. The lowest BCUT2D eigenvalue weighted by atomic mass is 10.1. The molecule has 0 atom stereocenters. The smallest absolute Gasteiger partial charge is 0.343 e. The maximum absolute atomic E-state index is 12.9. The Morgan fingerprint density at radius 1 is 1.11 bits per heavy atom. The number of halogens is 1. The molecule has 0 aliphatic carbocycles. The molecule has 0 bridgehead atoms. The first-order valence-electron chi connectivity index (χ1n) is 8.46. The molecule has 1 fully saturated rings. The van der Waals surface area contributed by atoms with Crippen molar-refractivity contribution in [2.24, 2.45) is 0 Å². The van der Waals surface area contributed by atoms with E-state index in [0.29, 0.717) is 19.0 Å². The fourth-order valence-corrected chi connectivity index (χ4v) is 4.77. The summed E-state index contributed by atoms with van der Waals surface area (Å²) >= 11 is 6.13. The van der Waals surface area contributed by atoms with Crippen LogP contribution in [0.2, 0.25) is 5.02 Å². The van der Waals surface area contributed by atoms with E-state index >= 15 is 0 Å². The molecule has 1 heterocycles. The Balaban J connectivity index is 1.92. The van der Waals surface area contributed by atoms with Crippen LogP contribution in [0.4, 0.5) is 0 Å². The summed E-state index contributed by atoms with van der Waals surface area (Å²) in [6.07, 6.45) is 0. The van der Waals surface area contributed by atoms with Crippen LogP contribution < -0.4 is 4.74 Å². The van der Waals surface area contributed by atoms with Crippen molar-refractivity contribution < 1.29 is 22.7 Å². The number of benzene rings is 2. The first-order valence-corrected chi connectivity index (χ1v) is 10.3. The van der Waals surface area contributed by atoms with Crippen molar-refractivity contribution in [3.63, 3.8) is 0 Å². The summed E-state index contributed by atoms with van der Waals surface area (Å²) in [5.41, 5.74) is 1.76. The third-order valence-electron chi connectivity index (χ3n) is 4.36. The summed E-state index contributed by atoms with van der Waals surface area (Å²) < 4.78 is 37.8. The molecule has 144 valence electrons. The number of hydrogen-bond acceptors (Lipinski definition) is 5. The topological polar surface area (TPSA) is 72.9 Å². The Labute approximate surface area is 163 Å². The molecule has 3 rings (SSSR count). The number of morpholine rings is 1. The standard InChI is InChI=1S/C19H20ClNO5S/c1-13-4-3-5-14(2)18(13)26-19(22)15-6-7-16(20)17(12-15)27(23,24)21-8-10-25-11-9-21/h3-7,12H,8-11H2,1-2H3. The van der Waals surface area contributed by atoms with E-state index in [1.165, 1.54) is 22.5 Å². The van der Waals surface area contributed by atoms with Gasteiger partial charge in [-0.2, -0.15) is 4.31 Å². The van der Waals surface area contributed by atoms with E-state index in [4.69, 9.17) is 21.1 Å². The van der Waals surface area contributed by atoms with Crippen LogP contribution in [0.5, 0.6) is 5.75 Å². The molecule has 0 aromatic heterocycles. The van der Waals surface area contributed by atoms with E-state index in [1.54, 1.807) is 0 Å². The third-order valence-corrected chi connectivity index (χ3v) is 6.74. The highest BCUT2D eigenvalue weighted by atomic mass is 35.5. The van der Waals surface area contributed by atoms with Gasteiger partial charge >= 0.3 is 5.97 Å². The van der Waals surface area contributed by atoms with Gasteiger partial charge in [0.2, 0.25) is 10.0 Å². The van der Waals surface area contributed by atoms with Crippen LogP contribution in [-0.2, 0) is 14.8 Å². The lowest BCUT2D eigenvalue weighted by Crippen LogP contribution is -2.40. The molecule has 6 nitrogen and oxygen atoms in total. The number of hydrogen-bond donors (Lipinski definition) is 0. The normalized spacial score (nSPS) is 15.5. The first kappa shape index (κ1) is 19.8. The fraction of sp³-hybridized carbons (Fsp3) is 0.316. The zero-order valence-electron chi connectivity index (χ0n) is 15.1. The van der Waals surface area contributed by atoms with Crippen LogP contribution in [0.15, 0.2) is 41.3 Å². The maximum atomic E-state index is 12.9. The molecule has 2 aromatic rings. The van der Waals surface area contributed by atoms with Gasteiger partial charge < -0.3 is 9.47 Å². The molecule has 0 spiro atoms. The average molecular weight is 410 g/mol. The van der Waals surface area contributed by atoms with E-state index in [2.05, 4.69) is 0 Å². The average Bonchev–Trinajstić information content (AvgIpc) is 2.65. The molecule has 1 saturated heterocycles. The second kappa shape index (κ2) is 7.98. The van der Waals surface area contributed by atoms with Gasteiger partial charge in [0.25, 0.3) is 0 Å². The maximum Gasteiger partial charge on any atom is 0.343 e. The number of rotatable bonds is 4.